The predicted octanol–water partition coefficient (Wildman–Crippen LogP) is 1.75. The molecule has 6 atom stereocenters. The van der Waals surface area contributed by atoms with Crippen molar-refractivity contribution < 1.29 is 24.6 Å². The van der Waals surface area contributed by atoms with E-state index >= 15 is 0 Å². The summed E-state index contributed by atoms with van der Waals surface area (Å²) in [4.78, 5) is 42.6. The van der Waals surface area contributed by atoms with Crippen molar-refractivity contribution in [2.24, 2.45) is 11.8 Å². The van der Waals surface area contributed by atoms with E-state index in [0.29, 0.717) is 32.4 Å². The van der Waals surface area contributed by atoms with Crippen LogP contribution in [0.25, 0.3) is 0 Å². The van der Waals surface area contributed by atoms with Crippen LogP contribution in [0.3, 0.4) is 0 Å². The highest BCUT2D eigenvalue weighted by Crippen LogP contribution is 2.66. The molecule has 29 heavy (non-hydrogen) atoms. The number of unbranched alkanes of at least 4 members (excludes halogenated alkanes) is 1. The van der Waals surface area contributed by atoms with E-state index in [2.05, 4.69) is 13.5 Å². The van der Waals surface area contributed by atoms with E-state index < -0.39 is 34.6 Å². The van der Waals surface area contributed by atoms with Crippen molar-refractivity contribution in [2.75, 3.05) is 19.7 Å². The van der Waals surface area contributed by atoms with E-state index in [1.165, 1.54) is 11.8 Å². The zero-order chi connectivity index (χ0) is 21.3. The molecular formula is C21H32N2O5S. The van der Waals surface area contributed by atoms with Gasteiger partial charge >= 0.3 is 5.97 Å². The summed E-state index contributed by atoms with van der Waals surface area (Å²) in [5, 5.41) is 19.6. The number of likely N-dealkylation sites (tertiary alicyclic amines) is 1. The molecule has 3 heterocycles. The van der Waals surface area contributed by atoms with Gasteiger partial charge in [-0.05, 0) is 25.7 Å². The number of aliphatic hydroxyl groups excluding tert-OH is 1. The summed E-state index contributed by atoms with van der Waals surface area (Å²) in [5.74, 6) is -2.83. The molecule has 3 aliphatic rings. The molecule has 0 aromatic carbocycles. The molecule has 0 aromatic rings. The summed E-state index contributed by atoms with van der Waals surface area (Å²) in [6.45, 7) is 8.43. The Morgan fingerprint density at radius 1 is 1.45 bits per heavy atom. The highest BCUT2D eigenvalue weighted by molar-refractivity contribution is 8.02. The van der Waals surface area contributed by atoms with Crippen LogP contribution in [-0.2, 0) is 14.4 Å². The molecule has 2 unspecified atom stereocenters. The van der Waals surface area contributed by atoms with Crippen molar-refractivity contribution in [3.63, 3.8) is 0 Å². The average Bonchev–Trinajstić information content (AvgIpc) is 3.34. The van der Waals surface area contributed by atoms with Crippen molar-refractivity contribution in [1.82, 2.24) is 9.80 Å². The van der Waals surface area contributed by atoms with E-state index in [9.17, 15) is 24.6 Å². The largest absolute Gasteiger partial charge is 0.481 e. The molecule has 3 aliphatic heterocycles. The molecule has 0 aliphatic carbocycles. The number of carbonyl (C=O) groups is 3. The van der Waals surface area contributed by atoms with Gasteiger partial charge in [0.1, 0.15) is 6.04 Å². The number of fused-ring (bicyclic) bond motifs is 1. The maximum absolute atomic E-state index is 13.8. The quantitative estimate of drug-likeness (QED) is 0.519. The Labute approximate surface area is 176 Å². The molecule has 0 saturated carbocycles. The third-order valence-electron chi connectivity index (χ3n) is 6.78. The van der Waals surface area contributed by atoms with Gasteiger partial charge in [0.2, 0.25) is 11.8 Å². The molecule has 162 valence electrons. The van der Waals surface area contributed by atoms with Crippen molar-refractivity contribution in [1.29, 1.82) is 0 Å². The molecule has 3 saturated heterocycles. The lowest BCUT2D eigenvalue weighted by atomic mass is 9.71. The molecule has 0 radical (unpaired) electrons. The van der Waals surface area contributed by atoms with Gasteiger partial charge < -0.3 is 20.0 Å². The first-order valence-electron chi connectivity index (χ1n) is 10.6. The second-order valence-corrected chi connectivity index (χ2v) is 9.91. The Bertz CT molecular complexity index is 682. The van der Waals surface area contributed by atoms with Crippen molar-refractivity contribution in [3.05, 3.63) is 12.7 Å². The number of aliphatic carboxylic acids is 1. The second-order valence-electron chi connectivity index (χ2n) is 8.31. The minimum atomic E-state index is -0.957. The average molecular weight is 425 g/mol. The van der Waals surface area contributed by atoms with Crippen LogP contribution < -0.4 is 0 Å². The first-order chi connectivity index (χ1) is 13.9. The number of aliphatic hydroxyl groups is 1. The fraction of sp³-hybridized carbons (Fsp3) is 0.762. The van der Waals surface area contributed by atoms with Crippen LogP contribution in [0.2, 0.25) is 0 Å². The Morgan fingerprint density at radius 2 is 2.17 bits per heavy atom. The number of rotatable bonds is 10. The molecule has 3 fully saturated rings. The molecule has 0 aromatic heterocycles. The monoisotopic (exact) mass is 424 g/mol. The number of amides is 2. The standard InChI is InChI=1S/C21H32N2O5S/c1-4-7-11-22(10-5-2)19(26)17-21-9-8-14(29-21)15(20(27)28)16(21)18(25)23(17)13(6-3)12-24/h5,13-17,24H,2,4,6-12H2,1,3H3,(H,27,28)/t13-,14-,15+,16-,17?,21?/m0/s1. The maximum atomic E-state index is 13.8. The highest BCUT2D eigenvalue weighted by atomic mass is 32.2. The summed E-state index contributed by atoms with van der Waals surface area (Å²) in [7, 11) is 0. The second kappa shape index (κ2) is 8.68. The fourth-order valence-corrected chi connectivity index (χ4v) is 7.62. The van der Waals surface area contributed by atoms with Gasteiger partial charge in [0.15, 0.2) is 0 Å². The molecule has 7 nitrogen and oxygen atoms in total. The zero-order valence-corrected chi connectivity index (χ0v) is 18.1. The molecule has 8 heteroatoms. The Hall–Kier alpha value is -1.54. The summed E-state index contributed by atoms with van der Waals surface area (Å²) in [6.07, 6.45) is 5.35. The maximum Gasteiger partial charge on any atom is 0.308 e. The smallest absolute Gasteiger partial charge is 0.308 e. The first kappa shape index (κ1) is 22.2. The summed E-state index contributed by atoms with van der Waals surface area (Å²) < 4.78 is -0.712. The van der Waals surface area contributed by atoms with Crippen LogP contribution in [0.15, 0.2) is 12.7 Å². The summed E-state index contributed by atoms with van der Waals surface area (Å²) in [6, 6.07) is -1.21. The summed E-state index contributed by atoms with van der Waals surface area (Å²) >= 11 is 1.53. The third-order valence-corrected chi connectivity index (χ3v) is 8.73. The molecule has 3 rings (SSSR count). The fourth-order valence-electron chi connectivity index (χ4n) is 5.43. The highest BCUT2D eigenvalue weighted by Gasteiger charge is 2.74. The van der Waals surface area contributed by atoms with Crippen LogP contribution in [0.4, 0.5) is 0 Å². The molecule has 2 amide bonds. The van der Waals surface area contributed by atoms with Crippen molar-refractivity contribution in [3.8, 4) is 0 Å². The number of hydrogen-bond donors (Lipinski definition) is 2. The number of carbonyl (C=O) groups excluding carboxylic acids is 2. The lowest BCUT2D eigenvalue weighted by Gasteiger charge is -2.39. The van der Waals surface area contributed by atoms with E-state index in [-0.39, 0.29) is 23.7 Å². The van der Waals surface area contributed by atoms with Crippen LogP contribution in [0.5, 0.6) is 0 Å². The van der Waals surface area contributed by atoms with Gasteiger partial charge in [-0.2, -0.15) is 0 Å². The third kappa shape index (κ3) is 3.38. The van der Waals surface area contributed by atoms with Gasteiger partial charge in [-0.25, -0.2) is 0 Å². The number of hydrogen-bond acceptors (Lipinski definition) is 5. The number of carboxylic acids is 1. The van der Waals surface area contributed by atoms with E-state index in [4.69, 9.17) is 0 Å². The van der Waals surface area contributed by atoms with Gasteiger partial charge in [-0.1, -0.05) is 26.3 Å². The number of thioether (sulfide) groups is 1. The molecule has 2 bridgehead atoms. The van der Waals surface area contributed by atoms with Crippen LogP contribution in [0.1, 0.15) is 46.0 Å². The van der Waals surface area contributed by atoms with Crippen molar-refractivity contribution in [2.45, 2.75) is 68.0 Å². The lowest BCUT2D eigenvalue weighted by Crippen LogP contribution is -2.57. The SMILES string of the molecule is C=CCN(CCCC)C(=O)C1N([C@@H](CC)CO)C(=O)[C@@H]2[C@H](C(=O)O)[C@@H]3CCC12S3. The van der Waals surface area contributed by atoms with Crippen molar-refractivity contribution >= 4 is 29.5 Å². The number of nitrogens with zero attached hydrogens (tertiary/aromatic N) is 2. The van der Waals surface area contributed by atoms with Gasteiger partial charge in [0.25, 0.3) is 0 Å². The number of carboxylic acid groups (broad SMARTS) is 1. The van der Waals surface area contributed by atoms with E-state index in [0.717, 1.165) is 12.8 Å². The zero-order valence-electron chi connectivity index (χ0n) is 17.2. The van der Waals surface area contributed by atoms with Crippen LogP contribution in [0, 0.1) is 11.8 Å². The lowest BCUT2D eigenvalue weighted by molar-refractivity contribution is -0.149. The Balaban J connectivity index is 2.05. The van der Waals surface area contributed by atoms with Gasteiger partial charge in [-0.15, -0.1) is 18.3 Å². The van der Waals surface area contributed by atoms with E-state index in [1.807, 2.05) is 6.92 Å². The minimum absolute atomic E-state index is 0.128. The normalized spacial score (nSPS) is 33.6. The predicted molar refractivity (Wildman–Crippen MR) is 111 cm³/mol. The van der Waals surface area contributed by atoms with Crippen LogP contribution >= 0.6 is 11.8 Å². The summed E-state index contributed by atoms with van der Waals surface area (Å²) in [5.41, 5.74) is 0. The molecule has 1 spiro atoms. The Morgan fingerprint density at radius 3 is 2.72 bits per heavy atom. The Kier molecular flexibility index (Phi) is 6.63. The molecule has 2 N–H and O–H groups in total. The topological polar surface area (TPSA) is 98.2 Å². The first-order valence-corrected chi connectivity index (χ1v) is 11.5. The van der Waals surface area contributed by atoms with Gasteiger partial charge in [-0.3, -0.25) is 14.4 Å². The van der Waals surface area contributed by atoms with Gasteiger partial charge in [0, 0.05) is 18.3 Å². The van der Waals surface area contributed by atoms with Crippen LogP contribution in [-0.4, -0.2) is 79.6 Å². The minimum Gasteiger partial charge on any atom is -0.481 e. The van der Waals surface area contributed by atoms with E-state index in [1.54, 1.807) is 15.9 Å². The van der Waals surface area contributed by atoms with Gasteiger partial charge in [0.05, 0.1) is 29.2 Å². The molecular weight excluding hydrogens is 392 g/mol.